The lowest BCUT2D eigenvalue weighted by molar-refractivity contribution is 0.297. The fourth-order valence-corrected chi connectivity index (χ4v) is 2.90. The van der Waals surface area contributed by atoms with Crippen LogP contribution in [0.1, 0.15) is 27.2 Å². The van der Waals surface area contributed by atoms with Gasteiger partial charge in [0.1, 0.15) is 0 Å². The van der Waals surface area contributed by atoms with Gasteiger partial charge in [-0.2, -0.15) is 0 Å². The molecule has 0 aliphatic carbocycles. The number of nitrogens with two attached hydrogens (primary N) is 1. The molecule has 3 nitrogen and oxygen atoms in total. The van der Waals surface area contributed by atoms with Gasteiger partial charge in [0.15, 0.2) is 11.5 Å². The Morgan fingerprint density at radius 1 is 1.21 bits per heavy atom. The molecule has 2 rings (SSSR count). The maximum absolute atomic E-state index is 6.18. The maximum Gasteiger partial charge on any atom is 0.162 e. The average Bonchev–Trinajstić information content (AvgIpc) is 2.59. The highest BCUT2D eigenvalue weighted by Gasteiger charge is 2.20. The van der Waals surface area contributed by atoms with E-state index in [1.165, 1.54) is 4.90 Å². The second-order valence-corrected chi connectivity index (χ2v) is 7.04. The number of ether oxygens (including phenoxy) is 2. The predicted octanol–water partition coefficient (Wildman–Crippen LogP) is 3.31. The molecule has 0 saturated heterocycles. The monoisotopic (exact) mass is 281 g/mol. The molecule has 1 aromatic carbocycles. The first kappa shape index (κ1) is 14.5. The third-order valence-electron chi connectivity index (χ3n) is 3.26. The lowest BCUT2D eigenvalue weighted by atomic mass is 9.89. The van der Waals surface area contributed by atoms with Crippen LogP contribution in [0.3, 0.4) is 0 Å². The largest absolute Gasteiger partial charge is 0.490 e. The Labute approximate surface area is 119 Å². The number of fused-ring (bicyclic) bond motifs is 1. The van der Waals surface area contributed by atoms with Gasteiger partial charge in [-0.1, -0.05) is 20.8 Å². The fourth-order valence-electron chi connectivity index (χ4n) is 1.67. The zero-order valence-electron chi connectivity index (χ0n) is 11.9. The van der Waals surface area contributed by atoms with Crippen molar-refractivity contribution in [1.29, 1.82) is 0 Å². The topological polar surface area (TPSA) is 44.5 Å². The third kappa shape index (κ3) is 4.05. The fraction of sp³-hybridized carbons (Fsp3) is 0.600. The minimum Gasteiger partial charge on any atom is -0.490 e. The summed E-state index contributed by atoms with van der Waals surface area (Å²) >= 11 is 1.77. The van der Waals surface area contributed by atoms with E-state index in [0.29, 0.717) is 0 Å². The normalized spacial score (nSPS) is 16.8. The highest BCUT2D eigenvalue weighted by Crippen LogP contribution is 2.34. The highest BCUT2D eigenvalue weighted by atomic mass is 32.2. The van der Waals surface area contributed by atoms with Gasteiger partial charge >= 0.3 is 0 Å². The van der Waals surface area contributed by atoms with Crippen LogP contribution in [0.5, 0.6) is 11.5 Å². The third-order valence-corrected chi connectivity index (χ3v) is 4.37. The van der Waals surface area contributed by atoms with E-state index in [0.717, 1.165) is 36.9 Å². The van der Waals surface area contributed by atoms with Gasteiger partial charge in [0.25, 0.3) is 0 Å². The van der Waals surface area contributed by atoms with Crippen LogP contribution in [0.4, 0.5) is 0 Å². The van der Waals surface area contributed by atoms with Gasteiger partial charge in [-0.15, -0.1) is 11.8 Å². The van der Waals surface area contributed by atoms with Gasteiger partial charge in [-0.3, -0.25) is 0 Å². The Bertz CT molecular complexity index is 429. The van der Waals surface area contributed by atoms with Crippen molar-refractivity contribution >= 4 is 11.8 Å². The zero-order chi connectivity index (χ0) is 13.9. The quantitative estimate of drug-likeness (QED) is 0.863. The molecule has 1 heterocycles. The van der Waals surface area contributed by atoms with Crippen LogP contribution in [-0.4, -0.2) is 25.0 Å². The summed E-state index contributed by atoms with van der Waals surface area (Å²) in [6.45, 7) is 7.97. The Balaban J connectivity index is 2.00. The summed E-state index contributed by atoms with van der Waals surface area (Å²) < 4.78 is 11.3. The summed E-state index contributed by atoms with van der Waals surface area (Å²) in [5.41, 5.74) is 6.32. The summed E-state index contributed by atoms with van der Waals surface area (Å²) in [7, 11) is 0. The van der Waals surface area contributed by atoms with Crippen LogP contribution >= 0.6 is 11.8 Å². The summed E-state index contributed by atoms with van der Waals surface area (Å²) in [6.07, 6.45) is 0.937. The SMILES string of the molecule is CC(C)(C)C(N)CSc1ccc2c(c1)OCCCO2. The minimum absolute atomic E-state index is 0.137. The van der Waals surface area contributed by atoms with Crippen molar-refractivity contribution in [3.8, 4) is 11.5 Å². The van der Waals surface area contributed by atoms with Crippen LogP contribution in [0, 0.1) is 5.41 Å². The smallest absolute Gasteiger partial charge is 0.162 e. The molecule has 1 aliphatic rings. The number of thioether (sulfide) groups is 1. The predicted molar refractivity (Wildman–Crippen MR) is 80.2 cm³/mol. The average molecular weight is 281 g/mol. The summed E-state index contributed by atoms with van der Waals surface area (Å²) in [6, 6.07) is 6.30. The van der Waals surface area contributed by atoms with E-state index >= 15 is 0 Å². The Kier molecular flexibility index (Phi) is 4.63. The first-order valence-corrected chi connectivity index (χ1v) is 7.73. The van der Waals surface area contributed by atoms with E-state index in [2.05, 4.69) is 32.9 Å². The molecule has 0 spiro atoms. The molecular formula is C15H23NO2S. The molecule has 0 amide bonds. The van der Waals surface area contributed by atoms with Gasteiger partial charge in [-0.25, -0.2) is 0 Å². The van der Waals surface area contributed by atoms with E-state index in [4.69, 9.17) is 15.2 Å². The van der Waals surface area contributed by atoms with E-state index in [1.54, 1.807) is 11.8 Å². The van der Waals surface area contributed by atoms with E-state index in [1.807, 2.05) is 6.07 Å². The van der Waals surface area contributed by atoms with Crippen molar-refractivity contribution in [3.63, 3.8) is 0 Å². The van der Waals surface area contributed by atoms with Crippen molar-refractivity contribution in [2.45, 2.75) is 38.1 Å². The zero-order valence-corrected chi connectivity index (χ0v) is 12.8. The number of hydrogen-bond acceptors (Lipinski definition) is 4. The van der Waals surface area contributed by atoms with E-state index < -0.39 is 0 Å². The van der Waals surface area contributed by atoms with Gasteiger partial charge in [0, 0.05) is 23.1 Å². The van der Waals surface area contributed by atoms with Crippen LogP contribution < -0.4 is 15.2 Å². The lowest BCUT2D eigenvalue weighted by Crippen LogP contribution is -2.37. The van der Waals surface area contributed by atoms with E-state index in [-0.39, 0.29) is 11.5 Å². The molecule has 1 aromatic rings. The Hall–Kier alpha value is -0.870. The van der Waals surface area contributed by atoms with Gasteiger partial charge < -0.3 is 15.2 Å². The molecular weight excluding hydrogens is 258 g/mol. The molecule has 0 fully saturated rings. The molecule has 0 saturated carbocycles. The molecule has 2 N–H and O–H groups in total. The molecule has 0 bridgehead atoms. The number of rotatable bonds is 3. The maximum atomic E-state index is 6.18. The minimum atomic E-state index is 0.137. The lowest BCUT2D eigenvalue weighted by Gasteiger charge is -2.26. The summed E-state index contributed by atoms with van der Waals surface area (Å²) in [5.74, 6) is 2.61. The Morgan fingerprint density at radius 2 is 1.89 bits per heavy atom. The molecule has 0 aromatic heterocycles. The van der Waals surface area contributed by atoms with Gasteiger partial charge in [0.05, 0.1) is 13.2 Å². The number of hydrogen-bond donors (Lipinski definition) is 1. The van der Waals surface area contributed by atoms with Crippen molar-refractivity contribution in [1.82, 2.24) is 0 Å². The standard InChI is InChI=1S/C15H23NO2S/c1-15(2,3)14(16)10-19-11-5-6-12-13(9-11)18-8-4-7-17-12/h5-6,9,14H,4,7-8,10,16H2,1-3H3. The number of benzene rings is 1. The van der Waals surface area contributed by atoms with Crippen LogP contribution in [0.25, 0.3) is 0 Å². The van der Waals surface area contributed by atoms with Crippen LogP contribution in [-0.2, 0) is 0 Å². The van der Waals surface area contributed by atoms with E-state index in [9.17, 15) is 0 Å². The molecule has 19 heavy (non-hydrogen) atoms. The first-order valence-electron chi connectivity index (χ1n) is 6.75. The van der Waals surface area contributed by atoms with Gasteiger partial charge in [0.2, 0.25) is 0 Å². The highest BCUT2D eigenvalue weighted by molar-refractivity contribution is 7.99. The molecule has 1 aliphatic heterocycles. The second kappa shape index (κ2) is 6.06. The van der Waals surface area contributed by atoms with Crippen LogP contribution in [0.2, 0.25) is 0 Å². The summed E-state index contributed by atoms with van der Waals surface area (Å²) in [4.78, 5) is 1.18. The van der Waals surface area contributed by atoms with Gasteiger partial charge in [-0.05, 0) is 23.6 Å². The molecule has 1 unspecified atom stereocenters. The van der Waals surface area contributed by atoms with Crippen molar-refractivity contribution < 1.29 is 9.47 Å². The molecule has 0 radical (unpaired) electrons. The van der Waals surface area contributed by atoms with Crippen LogP contribution in [0.15, 0.2) is 23.1 Å². The Morgan fingerprint density at radius 3 is 2.58 bits per heavy atom. The first-order chi connectivity index (χ1) is 8.97. The second-order valence-electron chi connectivity index (χ2n) is 5.94. The molecule has 4 heteroatoms. The molecule has 1 atom stereocenters. The summed E-state index contributed by atoms with van der Waals surface area (Å²) in [5, 5.41) is 0. The van der Waals surface area contributed by atoms with Crippen molar-refractivity contribution in [2.24, 2.45) is 11.1 Å². The van der Waals surface area contributed by atoms with Crippen molar-refractivity contribution in [3.05, 3.63) is 18.2 Å². The molecule has 106 valence electrons. The van der Waals surface area contributed by atoms with Crippen molar-refractivity contribution in [2.75, 3.05) is 19.0 Å².